The number of rotatable bonds is 5. The molecule has 0 bridgehead atoms. The standard InChI is InChI=1S/C15H16N6O2.ClH/c16-14-13-12(3-4-18-14)21(9-19-13)8-11(22)7-20-5-1-2-10(6-20)15(17)23;/h1-6,9,11,22H,7-8H2,(H3-,16,17,18,23);1H. The summed E-state index contributed by atoms with van der Waals surface area (Å²) in [6.45, 7) is 0.662. The highest BCUT2D eigenvalue weighted by Crippen LogP contribution is 2.16. The average Bonchev–Trinajstić information content (AvgIpc) is 2.92. The van der Waals surface area contributed by atoms with Crippen molar-refractivity contribution in [1.29, 1.82) is 0 Å². The van der Waals surface area contributed by atoms with E-state index in [1.165, 1.54) is 0 Å². The van der Waals surface area contributed by atoms with E-state index in [1.807, 2.05) is 4.57 Å². The van der Waals surface area contributed by atoms with Crippen LogP contribution >= 0.6 is 0 Å². The normalized spacial score (nSPS) is 11.9. The number of imidazole rings is 1. The van der Waals surface area contributed by atoms with E-state index in [0.29, 0.717) is 30.0 Å². The Kier molecular flexibility index (Phi) is 5.32. The van der Waals surface area contributed by atoms with Gasteiger partial charge in [-0.1, -0.05) is 0 Å². The molecule has 0 aromatic carbocycles. The van der Waals surface area contributed by atoms with Gasteiger partial charge in [0, 0.05) is 12.3 Å². The van der Waals surface area contributed by atoms with Crippen molar-refractivity contribution in [2.24, 2.45) is 5.73 Å². The number of halogens is 1. The van der Waals surface area contributed by atoms with Crippen LogP contribution in [0, 0.1) is 0 Å². The topological polar surface area (TPSA) is 124 Å². The van der Waals surface area contributed by atoms with Crippen molar-refractivity contribution in [2.45, 2.75) is 19.2 Å². The van der Waals surface area contributed by atoms with Gasteiger partial charge < -0.3 is 33.5 Å². The first-order valence-electron chi connectivity index (χ1n) is 7.07. The molecule has 3 aromatic rings. The molecule has 0 saturated heterocycles. The zero-order valence-electron chi connectivity index (χ0n) is 12.7. The molecule has 1 unspecified atom stereocenters. The number of hydrogen-bond donors (Lipinski definition) is 3. The molecular formula is C15H17ClN6O2. The van der Waals surface area contributed by atoms with Gasteiger partial charge in [0.1, 0.15) is 17.2 Å². The van der Waals surface area contributed by atoms with Gasteiger partial charge in [-0.3, -0.25) is 4.79 Å². The second-order valence-electron chi connectivity index (χ2n) is 5.27. The molecule has 3 aromatic heterocycles. The van der Waals surface area contributed by atoms with Gasteiger partial charge in [-0.05, 0) is 12.1 Å². The number of aromatic nitrogens is 4. The van der Waals surface area contributed by atoms with Gasteiger partial charge in [0.25, 0.3) is 5.91 Å². The van der Waals surface area contributed by atoms with E-state index in [0.717, 1.165) is 5.52 Å². The van der Waals surface area contributed by atoms with E-state index in [4.69, 9.17) is 11.5 Å². The Balaban J connectivity index is 0.00000208. The highest BCUT2D eigenvalue weighted by molar-refractivity contribution is 5.92. The molecule has 3 heterocycles. The van der Waals surface area contributed by atoms with Crippen LogP contribution < -0.4 is 28.4 Å². The molecule has 0 radical (unpaired) electrons. The van der Waals surface area contributed by atoms with Gasteiger partial charge in [0.2, 0.25) is 0 Å². The number of pyridine rings is 2. The van der Waals surface area contributed by atoms with Crippen LogP contribution in [0.3, 0.4) is 0 Å². The summed E-state index contributed by atoms with van der Waals surface area (Å²) in [7, 11) is 0. The lowest BCUT2D eigenvalue weighted by molar-refractivity contribution is -0.703. The van der Waals surface area contributed by atoms with E-state index in [2.05, 4.69) is 9.97 Å². The second-order valence-corrected chi connectivity index (χ2v) is 5.27. The van der Waals surface area contributed by atoms with Gasteiger partial charge in [-0.2, -0.15) is 0 Å². The summed E-state index contributed by atoms with van der Waals surface area (Å²) in [5.74, 6) is -0.142. The Labute approximate surface area is 144 Å². The third-order valence-electron chi connectivity index (χ3n) is 3.54. The van der Waals surface area contributed by atoms with Crippen molar-refractivity contribution >= 4 is 22.8 Å². The number of carbonyl (C=O) groups excluding carboxylic acids is 1. The van der Waals surface area contributed by atoms with Crippen LogP contribution in [0.15, 0.2) is 43.1 Å². The minimum Gasteiger partial charge on any atom is -1.00 e. The quantitative estimate of drug-likeness (QED) is 0.412. The first-order valence-corrected chi connectivity index (χ1v) is 7.07. The van der Waals surface area contributed by atoms with Crippen LogP contribution in [0.25, 0.3) is 11.0 Å². The molecule has 126 valence electrons. The molecule has 5 N–H and O–H groups in total. The highest BCUT2D eigenvalue weighted by atomic mass is 35.5. The van der Waals surface area contributed by atoms with Gasteiger partial charge >= 0.3 is 0 Å². The number of aliphatic hydroxyl groups excluding tert-OH is 1. The second kappa shape index (κ2) is 7.24. The predicted octanol–water partition coefficient (Wildman–Crippen LogP) is -3.53. The van der Waals surface area contributed by atoms with Crippen molar-refractivity contribution in [3.63, 3.8) is 0 Å². The molecule has 24 heavy (non-hydrogen) atoms. The number of amides is 1. The number of fused-ring (bicyclic) bond motifs is 1. The number of hydrogen-bond acceptors (Lipinski definition) is 5. The van der Waals surface area contributed by atoms with E-state index >= 15 is 0 Å². The van der Waals surface area contributed by atoms with Crippen molar-refractivity contribution in [1.82, 2.24) is 14.5 Å². The van der Waals surface area contributed by atoms with E-state index in [1.54, 1.807) is 47.7 Å². The van der Waals surface area contributed by atoms with Gasteiger partial charge in [0.05, 0.1) is 18.4 Å². The Morgan fingerprint density at radius 1 is 1.38 bits per heavy atom. The summed E-state index contributed by atoms with van der Waals surface area (Å²) >= 11 is 0. The molecule has 8 nitrogen and oxygen atoms in total. The molecule has 0 aliphatic heterocycles. The fourth-order valence-corrected chi connectivity index (χ4v) is 2.47. The van der Waals surface area contributed by atoms with Crippen molar-refractivity contribution in [3.05, 3.63) is 48.7 Å². The van der Waals surface area contributed by atoms with Gasteiger partial charge in [-0.25, -0.2) is 14.5 Å². The molecule has 9 heteroatoms. The summed E-state index contributed by atoms with van der Waals surface area (Å²) in [5.41, 5.74) is 12.8. The fraction of sp³-hybridized carbons (Fsp3) is 0.200. The van der Waals surface area contributed by atoms with Crippen LogP contribution in [0.5, 0.6) is 0 Å². The Morgan fingerprint density at radius 2 is 2.17 bits per heavy atom. The summed E-state index contributed by atoms with van der Waals surface area (Å²) in [5, 5.41) is 10.3. The Hall–Kier alpha value is -2.71. The van der Waals surface area contributed by atoms with Crippen molar-refractivity contribution in [2.75, 3.05) is 5.73 Å². The molecule has 0 spiro atoms. The van der Waals surface area contributed by atoms with E-state index in [9.17, 15) is 9.90 Å². The molecule has 0 saturated carbocycles. The first-order chi connectivity index (χ1) is 11.0. The van der Waals surface area contributed by atoms with Crippen molar-refractivity contribution < 1.29 is 26.9 Å². The number of nitrogens with zero attached hydrogens (tertiary/aromatic N) is 4. The van der Waals surface area contributed by atoms with Crippen molar-refractivity contribution in [3.8, 4) is 0 Å². The van der Waals surface area contributed by atoms with Crippen LogP contribution in [0.2, 0.25) is 0 Å². The number of aliphatic hydroxyl groups is 1. The molecule has 0 aliphatic rings. The maximum absolute atomic E-state index is 11.2. The summed E-state index contributed by atoms with van der Waals surface area (Å²) in [6, 6.07) is 5.14. The summed E-state index contributed by atoms with van der Waals surface area (Å²) < 4.78 is 3.54. The lowest BCUT2D eigenvalue weighted by atomic mass is 10.2. The number of anilines is 1. The van der Waals surface area contributed by atoms with E-state index < -0.39 is 12.0 Å². The third-order valence-corrected chi connectivity index (χ3v) is 3.54. The lowest BCUT2D eigenvalue weighted by Crippen LogP contribution is -3.00. The average molecular weight is 349 g/mol. The number of primary amides is 1. The van der Waals surface area contributed by atoms with Gasteiger partial charge in [-0.15, -0.1) is 0 Å². The molecule has 1 amide bonds. The number of nitrogen functional groups attached to an aromatic ring is 1. The summed E-state index contributed by atoms with van der Waals surface area (Å²) in [4.78, 5) is 19.4. The van der Waals surface area contributed by atoms with Crippen LogP contribution in [0.1, 0.15) is 10.4 Å². The number of carbonyl (C=O) groups is 1. The lowest BCUT2D eigenvalue weighted by Gasteiger charge is -2.09. The van der Waals surface area contributed by atoms with E-state index in [-0.39, 0.29) is 12.4 Å². The smallest absolute Gasteiger partial charge is 0.254 e. The highest BCUT2D eigenvalue weighted by Gasteiger charge is 2.15. The molecule has 1 atom stereocenters. The molecular weight excluding hydrogens is 332 g/mol. The number of nitrogens with two attached hydrogens (primary N) is 2. The zero-order valence-corrected chi connectivity index (χ0v) is 13.5. The minimum atomic E-state index is -0.671. The molecule has 0 aliphatic carbocycles. The molecule has 0 fully saturated rings. The minimum absolute atomic E-state index is 0. The third kappa shape index (κ3) is 3.61. The van der Waals surface area contributed by atoms with Gasteiger partial charge in [0.15, 0.2) is 24.8 Å². The largest absolute Gasteiger partial charge is 1.00 e. The Morgan fingerprint density at radius 3 is 2.92 bits per heavy atom. The summed E-state index contributed by atoms with van der Waals surface area (Å²) in [6.07, 6.45) is 5.93. The van der Waals surface area contributed by atoms with Crippen LogP contribution in [0.4, 0.5) is 5.82 Å². The first kappa shape index (κ1) is 17.6. The maximum atomic E-state index is 11.2. The monoisotopic (exact) mass is 348 g/mol. The van der Waals surface area contributed by atoms with Crippen LogP contribution in [-0.4, -0.2) is 31.7 Å². The Bertz CT molecular complexity index is 866. The predicted molar refractivity (Wildman–Crippen MR) is 83.1 cm³/mol. The zero-order chi connectivity index (χ0) is 16.4. The fourth-order valence-electron chi connectivity index (χ4n) is 2.47. The maximum Gasteiger partial charge on any atom is 0.254 e. The van der Waals surface area contributed by atoms with Crippen LogP contribution in [-0.2, 0) is 13.1 Å². The SMILES string of the molecule is NC(=O)c1ccc[n+](CC(O)Cn2cnc3c(N)nccc32)c1.[Cl-]. The molecule has 3 rings (SSSR count).